The van der Waals surface area contributed by atoms with Crippen LogP contribution in [-0.4, -0.2) is 94.7 Å². The Kier molecular flexibility index (Phi) is 10.7. The maximum atomic E-state index is 13.5. The number of anilines is 2. The van der Waals surface area contributed by atoms with Gasteiger partial charge in [0.1, 0.15) is 11.4 Å². The molecule has 2 aromatic heterocycles. The molecule has 1 aliphatic carbocycles. The highest BCUT2D eigenvalue weighted by atomic mass is 35.5. The van der Waals surface area contributed by atoms with Gasteiger partial charge < -0.3 is 19.9 Å². The Hall–Kier alpha value is -5.01. The fraction of sp³-hybridized carbons (Fsp3) is 0.476. The zero-order chi connectivity index (χ0) is 39.0. The van der Waals surface area contributed by atoms with Gasteiger partial charge in [-0.2, -0.15) is 5.10 Å². The van der Waals surface area contributed by atoms with Crippen LogP contribution in [0, 0.1) is 18.3 Å². The standard InChI is InChI=1S/C42H49ClN8O5/c1-27-4-3-5-33(44-27)39(53)45-35-22-30-26-51(47-34(30)24-37(35)56-2)31-8-13-42(14-9-31)15-20-48(21-16-42)25-28-10-17-49(18-11-28)40(54)29-6-7-32(43)36(23-29)50-19-12-38(52)46-41(50)55/h3-7,22-24,26,28,31H,8-21,25H2,1-2H3,(H,45,53)(H,46,52,55). The van der Waals surface area contributed by atoms with Crippen molar-refractivity contribution in [3.63, 3.8) is 0 Å². The molecule has 14 heteroatoms. The summed E-state index contributed by atoms with van der Waals surface area (Å²) in [4.78, 5) is 60.8. The van der Waals surface area contributed by atoms with E-state index < -0.39 is 6.03 Å². The summed E-state index contributed by atoms with van der Waals surface area (Å²) < 4.78 is 7.76. The fourth-order valence-electron chi connectivity index (χ4n) is 9.08. The van der Waals surface area contributed by atoms with Crippen molar-refractivity contribution in [1.82, 2.24) is 29.9 Å². The number of carbonyl (C=O) groups is 4. The average molecular weight is 781 g/mol. The number of pyridine rings is 1. The van der Waals surface area contributed by atoms with E-state index in [1.54, 1.807) is 31.4 Å². The number of fused-ring (bicyclic) bond motifs is 1. The molecule has 0 unspecified atom stereocenters. The summed E-state index contributed by atoms with van der Waals surface area (Å²) >= 11 is 6.41. The van der Waals surface area contributed by atoms with Crippen LogP contribution in [0.1, 0.15) is 90.4 Å². The third kappa shape index (κ3) is 7.97. The number of nitrogens with one attached hydrogen (secondary N) is 2. The van der Waals surface area contributed by atoms with Gasteiger partial charge in [-0.05, 0) is 119 Å². The number of rotatable bonds is 8. The second-order valence-corrected chi connectivity index (χ2v) is 16.4. The van der Waals surface area contributed by atoms with Crippen LogP contribution >= 0.6 is 11.6 Å². The zero-order valence-corrected chi connectivity index (χ0v) is 32.8. The molecule has 5 amide bonds. The van der Waals surface area contributed by atoms with Crippen LogP contribution in [-0.2, 0) is 4.79 Å². The number of nitrogens with zero attached hydrogens (tertiary/aromatic N) is 6. The van der Waals surface area contributed by atoms with E-state index in [9.17, 15) is 19.2 Å². The molecule has 4 aromatic rings. The third-order valence-electron chi connectivity index (χ3n) is 12.5. The summed E-state index contributed by atoms with van der Waals surface area (Å²) in [6, 6.07) is 14.1. The van der Waals surface area contributed by atoms with Crippen LogP contribution in [0.3, 0.4) is 0 Å². The van der Waals surface area contributed by atoms with E-state index in [0.29, 0.717) is 63.9 Å². The van der Waals surface area contributed by atoms with Crippen molar-refractivity contribution in [3.8, 4) is 5.75 Å². The van der Waals surface area contributed by atoms with E-state index in [1.807, 2.05) is 36.1 Å². The van der Waals surface area contributed by atoms with Crippen molar-refractivity contribution in [2.24, 2.45) is 11.3 Å². The van der Waals surface area contributed by atoms with Crippen molar-refractivity contribution in [2.75, 3.05) is 56.6 Å². The van der Waals surface area contributed by atoms with Crippen LogP contribution in [0.2, 0.25) is 5.02 Å². The van der Waals surface area contributed by atoms with E-state index in [1.165, 1.54) is 30.6 Å². The summed E-state index contributed by atoms with van der Waals surface area (Å²) in [5, 5.41) is 11.6. The summed E-state index contributed by atoms with van der Waals surface area (Å²) in [7, 11) is 1.60. The smallest absolute Gasteiger partial charge is 0.328 e. The Morgan fingerprint density at radius 2 is 1.73 bits per heavy atom. The number of halogens is 1. The topological polar surface area (TPSA) is 142 Å². The number of ether oxygens (including phenoxy) is 1. The van der Waals surface area contributed by atoms with E-state index in [-0.39, 0.29) is 30.7 Å². The summed E-state index contributed by atoms with van der Waals surface area (Å²) in [6.45, 7) is 6.80. The zero-order valence-electron chi connectivity index (χ0n) is 32.1. The fourth-order valence-corrected chi connectivity index (χ4v) is 9.30. The van der Waals surface area contributed by atoms with Crippen LogP contribution < -0.4 is 20.3 Å². The average Bonchev–Trinajstić information content (AvgIpc) is 3.62. The molecule has 0 atom stereocenters. The predicted octanol–water partition coefficient (Wildman–Crippen LogP) is 6.85. The number of aryl methyl sites for hydroxylation is 1. The first-order valence-corrected chi connectivity index (χ1v) is 20.2. The molecule has 1 spiro atoms. The molecule has 0 radical (unpaired) electrons. The molecule has 1 saturated carbocycles. The van der Waals surface area contributed by atoms with Crippen molar-refractivity contribution in [1.29, 1.82) is 0 Å². The molecule has 2 N–H and O–H groups in total. The minimum atomic E-state index is -0.522. The van der Waals surface area contributed by atoms with Crippen molar-refractivity contribution in [3.05, 3.63) is 76.7 Å². The Morgan fingerprint density at radius 3 is 2.45 bits per heavy atom. The number of piperidine rings is 2. The van der Waals surface area contributed by atoms with Gasteiger partial charge in [-0.25, -0.2) is 9.78 Å². The number of urea groups is 1. The van der Waals surface area contributed by atoms with Crippen LogP contribution in [0.5, 0.6) is 5.75 Å². The highest BCUT2D eigenvalue weighted by Crippen LogP contribution is 2.48. The lowest BCUT2D eigenvalue weighted by atomic mass is 9.67. The molecule has 3 aliphatic heterocycles. The van der Waals surface area contributed by atoms with Crippen LogP contribution in [0.15, 0.2) is 54.7 Å². The summed E-state index contributed by atoms with van der Waals surface area (Å²) in [6.07, 6.45) is 11.3. The lowest BCUT2D eigenvalue weighted by Crippen LogP contribution is -2.49. The predicted molar refractivity (Wildman–Crippen MR) is 214 cm³/mol. The normalized spacial score (nSPS) is 19.7. The number of carbonyl (C=O) groups excluding carboxylic acids is 4. The first-order valence-electron chi connectivity index (χ1n) is 19.8. The van der Waals surface area contributed by atoms with Crippen LogP contribution in [0.4, 0.5) is 16.2 Å². The largest absolute Gasteiger partial charge is 0.494 e. The number of amides is 5. The van der Waals surface area contributed by atoms with E-state index in [0.717, 1.165) is 61.9 Å². The van der Waals surface area contributed by atoms with E-state index in [2.05, 4.69) is 31.4 Å². The summed E-state index contributed by atoms with van der Waals surface area (Å²) in [5.41, 5.74) is 3.92. The van der Waals surface area contributed by atoms with Crippen molar-refractivity contribution in [2.45, 2.75) is 70.8 Å². The Bertz CT molecular complexity index is 2150. The maximum Gasteiger partial charge on any atom is 0.328 e. The molecular weight excluding hydrogens is 732 g/mol. The van der Waals surface area contributed by atoms with Gasteiger partial charge in [0.15, 0.2) is 0 Å². The second-order valence-electron chi connectivity index (χ2n) is 16.0. The monoisotopic (exact) mass is 780 g/mol. The number of imide groups is 1. The molecular formula is C42H49ClN8O5. The van der Waals surface area contributed by atoms with Gasteiger partial charge in [0.05, 0.1) is 35.1 Å². The molecule has 8 rings (SSSR count). The van der Waals surface area contributed by atoms with Crippen molar-refractivity contribution < 1.29 is 23.9 Å². The number of aromatic nitrogens is 3. The van der Waals surface area contributed by atoms with Gasteiger partial charge in [0.2, 0.25) is 5.91 Å². The molecule has 5 heterocycles. The number of likely N-dealkylation sites (tertiary alicyclic amines) is 2. The lowest BCUT2D eigenvalue weighted by molar-refractivity contribution is -0.120. The first kappa shape index (κ1) is 37.9. The molecule has 3 saturated heterocycles. The van der Waals surface area contributed by atoms with Gasteiger partial charge in [-0.1, -0.05) is 17.7 Å². The Balaban J connectivity index is 0.807. The quantitative estimate of drug-likeness (QED) is 0.198. The minimum Gasteiger partial charge on any atom is -0.494 e. The molecule has 56 heavy (non-hydrogen) atoms. The highest BCUT2D eigenvalue weighted by Gasteiger charge is 2.39. The molecule has 2 aromatic carbocycles. The van der Waals surface area contributed by atoms with E-state index in [4.69, 9.17) is 21.4 Å². The molecule has 0 bridgehead atoms. The number of hydrogen-bond acceptors (Lipinski definition) is 8. The van der Waals surface area contributed by atoms with Gasteiger partial charge in [-0.15, -0.1) is 0 Å². The highest BCUT2D eigenvalue weighted by molar-refractivity contribution is 6.34. The second kappa shape index (κ2) is 15.9. The molecule has 13 nitrogen and oxygen atoms in total. The number of methoxy groups -OCH3 is 1. The van der Waals surface area contributed by atoms with Gasteiger partial charge >= 0.3 is 6.03 Å². The maximum absolute atomic E-state index is 13.5. The van der Waals surface area contributed by atoms with E-state index >= 15 is 0 Å². The SMILES string of the molecule is COc1cc2nn(C3CCC4(CC3)CCN(CC3CCN(C(=O)c5ccc(Cl)c(N6CCC(=O)NC6=O)c5)CC3)CC4)cc2cc1NC(=O)c1cccc(C)n1. The minimum absolute atomic E-state index is 0.0572. The first-order chi connectivity index (χ1) is 27.1. The van der Waals surface area contributed by atoms with Gasteiger partial charge in [0.25, 0.3) is 11.8 Å². The van der Waals surface area contributed by atoms with Gasteiger partial charge in [0, 0.05) is 61.5 Å². The molecule has 4 aliphatic rings. The van der Waals surface area contributed by atoms with Gasteiger partial charge in [-0.3, -0.25) is 29.3 Å². The van der Waals surface area contributed by atoms with Crippen LogP contribution in [0.25, 0.3) is 10.9 Å². The molecule has 294 valence electrons. The number of benzene rings is 2. The third-order valence-corrected chi connectivity index (χ3v) is 12.8. The Morgan fingerprint density at radius 1 is 0.964 bits per heavy atom. The number of hydrogen-bond donors (Lipinski definition) is 2. The van der Waals surface area contributed by atoms with Crippen molar-refractivity contribution >= 4 is 57.6 Å². The molecule has 4 fully saturated rings. The summed E-state index contributed by atoms with van der Waals surface area (Å²) in [5.74, 6) is 0.469. The lowest BCUT2D eigenvalue weighted by Gasteiger charge is -2.47. The Labute approximate surface area is 331 Å².